The van der Waals surface area contributed by atoms with E-state index in [1.165, 1.54) is 11.3 Å². The van der Waals surface area contributed by atoms with Crippen molar-refractivity contribution in [3.63, 3.8) is 0 Å². The van der Waals surface area contributed by atoms with Crippen molar-refractivity contribution in [2.75, 3.05) is 11.9 Å². The van der Waals surface area contributed by atoms with Gasteiger partial charge in [-0.25, -0.2) is 4.79 Å². The van der Waals surface area contributed by atoms with Gasteiger partial charge in [-0.15, -0.1) is 11.3 Å². The van der Waals surface area contributed by atoms with E-state index in [4.69, 9.17) is 4.74 Å². The van der Waals surface area contributed by atoms with Crippen LogP contribution < -0.4 is 10.6 Å². The average molecular weight is 529 g/mol. The molecule has 38 heavy (non-hydrogen) atoms. The van der Waals surface area contributed by atoms with E-state index in [0.717, 1.165) is 16.0 Å². The lowest BCUT2D eigenvalue weighted by Crippen LogP contribution is -2.30. The molecule has 1 aromatic heterocycles. The van der Waals surface area contributed by atoms with Crippen LogP contribution in [0.15, 0.2) is 97.1 Å². The summed E-state index contributed by atoms with van der Waals surface area (Å²) in [6, 6.07) is 30.6. The molecule has 6 nitrogen and oxygen atoms in total. The van der Waals surface area contributed by atoms with Crippen LogP contribution in [0.5, 0.6) is 0 Å². The SMILES string of the molecule is CC(C)(C)OC(=O)Nc1cccc([C@@H](CO)NC(=O)c2ccc(C(c3ccccc3)c3ccccc3)s2)c1. The van der Waals surface area contributed by atoms with Crippen LogP contribution in [0.25, 0.3) is 0 Å². The van der Waals surface area contributed by atoms with Crippen molar-refractivity contribution < 1.29 is 19.4 Å². The molecule has 0 spiro atoms. The van der Waals surface area contributed by atoms with Gasteiger partial charge in [-0.1, -0.05) is 72.8 Å². The standard InChI is InChI=1S/C31H32N2O4S/c1-31(2,3)37-30(36)32-24-16-10-15-23(19-24)25(20-34)33-29(35)27-18-17-26(38-27)28(21-11-6-4-7-12-21)22-13-8-5-9-14-22/h4-19,25,28,34H,20H2,1-3H3,(H,32,36)(H,33,35)/t25-/m1/s1. The molecule has 1 heterocycles. The number of carbonyl (C=O) groups excluding carboxylic acids is 2. The van der Waals surface area contributed by atoms with Crippen LogP contribution in [0.1, 0.15) is 64.0 Å². The molecule has 196 valence electrons. The quantitative estimate of drug-likeness (QED) is 0.236. The van der Waals surface area contributed by atoms with Gasteiger partial charge in [-0.2, -0.15) is 0 Å². The molecule has 1 atom stereocenters. The molecule has 0 saturated carbocycles. The lowest BCUT2D eigenvalue weighted by molar-refractivity contribution is 0.0635. The molecule has 0 radical (unpaired) electrons. The van der Waals surface area contributed by atoms with Gasteiger partial charge in [-0.05, 0) is 61.7 Å². The van der Waals surface area contributed by atoms with E-state index in [1.807, 2.05) is 48.5 Å². The van der Waals surface area contributed by atoms with Crippen LogP contribution in [0.3, 0.4) is 0 Å². The molecule has 0 unspecified atom stereocenters. The Labute approximate surface area is 227 Å². The Bertz CT molecular complexity index is 1320. The van der Waals surface area contributed by atoms with Gasteiger partial charge in [0.1, 0.15) is 5.60 Å². The van der Waals surface area contributed by atoms with E-state index < -0.39 is 17.7 Å². The molecule has 0 saturated heterocycles. The second-order valence-electron chi connectivity index (χ2n) is 9.92. The average Bonchev–Trinajstić information content (AvgIpc) is 3.37. The van der Waals surface area contributed by atoms with Crippen molar-refractivity contribution in [2.45, 2.75) is 38.3 Å². The first-order chi connectivity index (χ1) is 18.2. The number of rotatable bonds is 8. The van der Waals surface area contributed by atoms with Crippen LogP contribution in [0.4, 0.5) is 10.5 Å². The van der Waals surface area contributed by atoms with Crippen LogP contribution in [0, 0.1) is 0 Å². The maximum Gasteiger partial charge on any atom is 0.412 e. The number of nitrogens with one attached hydrogen (secondary N) is 2. The lowest BCUT2D eigenvalue weighted by Gasteiger charge is -2.20. The maximum absolute atomic E-state index is 13.2. The van der Waals surface area contributed by atoms with Crippen molar-refractivity contribution in [1.82, 2.24) is 5.32 Å². The van der Waals surface area contributed by atoms with Gasteiger partial charge in [-0.3, -0.25) is 10.1 Å². The predicted octanol–water partition coefficient (Wildman–Crippen LogP) is 6.74. The molecule has 0 fully saturated rings. The minimum Gasteiger partial charge on any atom is -0.444 e. The Kier molecular flexibility index (Phi) is 8.61. The number of aliphatic hydroxyl groups is 1. The maximum atomic E-state index is 13.2. The number of hydrogen-bond acceptors (Lipinski definition) is 5. The number of benzene rings is 3. The van der Waals surface area contributed by atoms with Crippen molar-refractivity contribution in [3.8, 4) is 0 Å². The highest BCUT2D eigenvalue weighted by atomic mass is 32.1. The zero-order valence-corrected chi connectivity index (χ0v) is 22.5. The number of anilines is 1. The summed E-state index contributed by atoms with van der Waals surface area (Å²) >= 11 is 1.44. The van der Waals surface area contributed by atoms with Crippen LogP contribution >= 0.6 is 11.3 Å². The number of thiophene rings is 1. The molecule has 0 bridgehead atoms. The van der Waals surface area contributed by atoms with Crippen molar-refractivity contribution >= 4 is 29.0 Å². The summed E-state index contributed by atoms with van der Waals surface area (Å²) in [6.07, 6.45) is -0.572. The lowest BCUT2D eigenvalue weighted by atomic mass is 9.90. The minimum atomic E-state index is -0.646. The fraction of sp³-hybridized carbons (Fsp3) is 0.226. The number of aliphatic hydroxyl groups excluding tert-OH is 1. The summed E-state index contributed by atoms with van der Waals surface area (Å²) in [6.45, 7) is 5.07. The van der Waals surface area contributed by atoms with E-state index in [1.54, 1.807) is 45.0 Å². The first-order valence-corrected chi connectivity index (χ1v) is 13.3. The second-order valence-corrected chi connectivity index (χ2v) is 11.0. The van der Waals surface area contributed by atoms with Gasteiger partial charge in [0.2, 0.25) is 0 Å². The topological polar surface area (TPSA) is 87.7 Å². The van der Waals surface area contributed by atoms with Crippen LogP contribution in [-0.2, 0) is 4.74 Å². The summed E-state index contributed by atoms with van der Waals surface area (Å²) in [5.41, 5.74) is 2.85. The van der Waals surface area contributed by atoms with Crippen molar-refractivity contribution in [3.05, 3.63) is 124 Å². The van der Waals surface area contributed by atoms with Crippen LogP contribution in [-0.4, -0.2) is 29.3 Å². The van der Waals surface area contributed by atoms with E-state index in [9.17, 15) is 14.7 Å². The van der Waals surface area contributed by atoms with Crippen LogP contribution in [0.2, 0.25) is 0 Å². The van der Waals surface area contributed by atoms with Gasteiger partial charge in [0.25, 0.3) is 5.91 Å². The van der Waals surface area contributed by atoms with Gasteiger partial charge < -0.3 is 15.2 Å². The Morgan fingerprint density at radius 3 is 2.03 bits per heavy atom. The summed E-state index contributed by atoms with van der Waals surface area (Å²) in [5, 5.41) is 15.7. The van der Waals surface area contributed by atoms with E-state index in [-0.39, 0.29) is 18.4 Å². The molecular weight excluding hydrogens is 496 g/mol. The zero-order valence-electron chi connectivity index (χ0n) is 21.7. The molecule has 0 aliphatic heterocycles. The first kappa shape index (κ1) is 27.1. The molecule has 0 aliphatic carbocycles. The largest absolute Gasteiger partial charge is 0.444 e. The third-order valence-electron chi connectivity index (χ3n) is 5.82. The Morgan fingerprint density at radius 1 is 0.842 bits per heavy atom. The molecule has 4 rings (SSSR count). The summed E-state index contributed by atoms with van der Waals surface area (Å²) < 4.78 is 5.31. The molecule has 3 N–H and O–H groups in total. The monoisotopic (exact) mass is 528 g/mol. The molecule has 3 aromatic carbocycles. The number of amides is 2. The smallest absolute Gasteiger partial charge is 0.412 e. The molecule has 4 aromatic rings. The first-order valence-electron chi connectivity index (χ1n) is 12.4. The highest BCUT2D eigenvalue weighted by Crippen LogP contribution is 2.36. The second kappa shape index (κ2) is 12.1. The summed E-state index contributed by atoms with van der Waals surface area (Å²) in [7, 11) is 0. The van der Waals surface area contributed by atoms with Crippen molar-refractivity contribution in [1.29, 1.82) is 0 Å². The third kappa shape index (κ3) is 7.09. The van der Waals surface area contributed by atoms with Crippen molar-refractivity contribution in [2.24, 2.45) is 0 Å². The third-order valence-corrected chi connectivity index (χ3v) is 6.97. The Morgan fingerprint density at radius 2 is 1.45 bits per heavy atom. The molecule has 0 aliphatic rings. The normalized spacial score (nSPS) is 12.1. The van der Waals surface area contributed by atoms with E-state index in [2.05, 4.69) is 34.9 Å². The Balaban J connectivity index is 1.51. The summed E-state index contributed by atoms with van der Waals surface area (Å²) in [4.78, 5) is 27.0. The van der Waals surface area contributed by atoms with E-state index >= 15 is 0 Å². The minimum absolute atomic E-state index is 0.00759. The fourth-order valence-electron chi connectivity index (χ4n) is 4.16. The van der Waals surface area contributed by atoms with E-state index in [0.29, 0.717) is 16.1 Å². The molecule has 2 amide bonds. The number of carbonyl (C=O) groups is 2. The van der Waals surface area contributed by atoms with Gasteiger partial charge in [0.15, 0.2) is 0 Å². The highest BCUT2D eigenvalue weighted by Gasteiger charge is 2.22. The highest BCUT2D eigenvalue weighted by molar-refractivity contribution is 7.14. The fourth-order valence-corrected chi connectivity index (χ4v) is 5.23. The number of hydrogen-bond donors (Lipinski definition) is 3. The Hall–Kier alpha value is -3.94. The molecule has 7 heteroatoms. The predicted molar refractivity (Wildman–Crippen MR) is 152 cm³/mol. The van der Waals surface area contributed by atoms with Gasteiger partial charge in [0.05, 0.1) is 17.5 Å². The van der Waals surface area contributed by atoms with Gasteiger partial charge >= 0.3 is 6.09 Å². The summed E-state index contributed by atoms with van der Waals surface area (Å²) in [5.74, 6) is -0.265. The van der Waals surface area contributed by atoms with Gasteiger partial charge in [0, 0.05) is 16.5 Å². The zero-order chi connectivity index (χ0) is 27.1. The molecular formula is C31H32N2O4S. The number of ether oxygens (including phenoxy) is 1.